The second-order valence-corrected chi connectivity index (χ2v) is 9.37. The van der Waals surface area contributed by atoms with E-state index in [0.717, 1.165) is 19.4 Å². The second kappa shape index (κ2) is 8.12. The van der Waals surface area contributed by atoms with Crippen LogP contribution in [0, 0.1) is 5.41 Å². The predicted molar refractivity (Wildman–Crippen MR) is 94.5 cm³/mol. The van der Waals surface area contributed by atoms with Crippen molar-refractivity contribution in [1.29, 1.82) is 0 Å². The summed E-state index contributed by atoms with van der Waals surface area (Å²) in [6.45, 7) is 23.3. The van der Waals surface area contributed by atoms with Gasteiger partial charge in [0.2, 0.25) is 0 Å². The van der Waals surface area contributed by atoms with E-state index < -0.39 is 0 Å². The van der Waals surface area contributed by atoms with E-state index in [0.29, 0.717) is 13.2 Å². The van der Waals surface area contributed by atoms with Crippen molar-refractivity contribution in [3.8, 4) is 0 Å². The van der Waals surface area contributed by atoms with E-state index in [1.165, 1.54) is 0 Å². The molecule has 0 aromatic carbocycles. The normalized spacial score (nSPS) is 14.5. The van der Waals surface area contributed by atoms with Gasteiger partial charge in [-0.3, -0.25) is 0 Å². The van der Waals surface area contributed by atoms with Gasteiger partial charge in [0.15, 0.2) is 0 Å². The Morgan fingerprint density at radius 1 is 0.591 bits per heavy atom. The van der Waals surface area contributed by atoms with Crippen LogP contribution in [0.1, 0.15) is 82.1 Å². The average Bonchev–Trinajstić information content (AvgIpc) is 2.28. The summed E-state index contributed by atoms with van der Waals surface area (Å²) in [6, 6.07) is 0. The lowest BCUT2D eigenvalue weighted by Crippen LogP contribution is -2.39. The first-order valence-electron chi connectivity index (χ1n) is 8.60. The average molecular weight is 317 g/mol. The molecule has 0 aromatic heterocycles. The Hall–Kier alpha value is -0.120. The zero-order valence-electron chi connectivity index (χ0n) is 16.8. The Morgan fingerprint density at radius 3 is 1.23 bits per heavy atom. The molecule has 0 heterocycles. The fraction of sp³-hybridized carbons (Fsp3) is 1.00. The monoisotopic (exact) mass is 316 g/mol. The summed E-state index contributed by atoms with van der Waals surface area (Å²) in [6.07, 6.45) is 1.97. The van der Waals surface area contributed by atoms with Crippen LogP contribution < -0.4 is 0 Å². The zero-order valence-corrected chi connectivity index (χ0v) is 16.8. The molecule has 0 saturated carbocycles. The molecule has 0 atom stereocenters. The summed E-state index contributed by atoms with van der Waals surface area (Å²) in [5.74, 6) is 0. The smallest absolute Gasteiger partial charge is 0.0598 e. The van der Waals surface area contributed by atoms with Gasteiger partial charge in [0.25, 0.3) is 0 Å². The lowest BCUT2D eigenvalue weighted by Gasteiger charge is -2.38. The lowest BCUT2D eigenvalue weighted by molar-refractivity contribution is -0.122. The summed E-state index contributed by atoms with van der Waals surface area (Å²) in [4.78, 5) is 0. The maximum absolute atomic E-state index is 6.10. The Bertz CT molecular complexity index is 284. The van der Waals surface area contributed by atoms with Crippen molar-refractivity contribution in [2.75, 3.05) is 19.8 Å². The summed E-state index contributed by atoms with van der Waals surface area (Å²) < 4.78 is 18.1. The molecular formula is C19H40O3. The van der Waals surface area contributed by atoms with Crippen LogP contribution in [0.5, 0.6) is 0 Å². The molecule has 0 aliphatic heterocycles. The van der Waals surface area contributed by atoms with Crippen LogP contribution in [0.2, 0.25) is 0 Å². The van der Waals surface area contributed by atoms with Gasteiger partial charge in [0.1, 0.15) is 0 Å². The first-order valence-corrected chi connectivity index (χ1v) is 8.60. The molecule has 0 fully saturated rings. The second-order valence-electron chi connectivity index (χ2n) is 9.37. The molecule has 0 aliphatic carbocycles. The number of hydrogen-bond acceptors (Lipinski definition) is 3. The van der Waals surface area contributed by atoms with Gasteiger partial charge in [-0.2, -0.15) is 0 Å². The van der Waals surface area contributed by atoms with Crippen LogP contribution >= 0.6 is 0 Å². The van der Waals surface area contributed by atoms with Crippen molar-refractivity contribution < 1.29 is 14.2 Å². The number of hydrogen-bond donors (Lipinski definition) is 0. The Kier molecular flexibility index (Phi) is 8.08. The predicted octanol–water partition coefficient (Wildman–Crippen LogP) is 5.22. The third kappa shape index (κ3) is 11.4. The number of rotatable bonds is 8. The summed E-state index contributed by atoms with van der Waals surface area (Å²) >= 11 is 0. The SMILES string of the molecule is CCC(CCOC(C)(C)C)(COC(C)(C)C)COC(C)(C)C. The molecule has 0 N–H and O–H groups in total. The molecule has 0 spiro atoms. The summed E-state index contributed by atoms with van der Waals surface area (Å²) in [5.41, 5.74) is -0.360. The van der Waals surface area contributed by atoms with Crippen molar-refractivity contribution in [2.24, 2.45) is 5.41 Å². The van der Waals surface area contributed by atoms with E-state index in [-0.39, 0.29) is 22.2 Å². The molecular weight excluding hydrogens is 276 g/mol. The van der Waals surface area contributed by atoms with Crippen molar-refractivity contribution in [3.05, 3.63) is 0 Å². The zero-order chi connectivity index (χ0) is 17.7. The maximum Gasteiger partial charge on any atom is 0.0598 e. The van der Waals surface area contributed by atoms with Crippen LogP contribution in [0.15, 0.2) is 0 Å². The highest BCUT2D eigenvalue weighted by Gasteiger charge is 2.33. The third-order valence-electron chi connectivity index (χ3n) is 3.54. The molecule has 0 radical (unpaired) electrons. The van der Waals surface area contributed by atoms with E-state index >= 15 is 0 Å². The molecule has 0 aliphatic rings. The summed E-state index contributed by atoms with van der Waals surface area (Å²) in [7, 11) is 0. The maximum atomic E-state index is 6.10. The third-order valence-corrected chi connectivity index (χ3v) is 3.54. The topological polar surface area (TPSA) is 27.7 Å². The standard InChI is InChI=1S/C19H40O3/c1-11-19(14-21-17(5,6)7,15-22-18(8,9)10)12-13-20-16(2,3)4/h11-15H2,1-10H3. The van der Waals surface area contributed by atoms with Gasteiger partial charge < -0.3 is 14.2 Å². The highest BCUT2D eigenvalue weighted by atomic mass is 16.5. The summed E-state index contributed by atoms with van der Waals surface area (Å²) in [5, 5.41) is 0. The van der Waals surface area contributed by atoms with Crippen LogP contribution in [-0.4, -0.2) is 36.6 Å². The van der Waals surface area contributed by atoms with Gasteiger partial charge in [-0.25, -0.2) is 0 Å². The van der Waals surface area contributed by atoms with E-state index in [4.69, 9.17) is 14.2 Å². The van der Waals surface area contributed by atoms with E-state index in [1.807, 2.05) is 0 Å². The van der Waals surface area contributed by atoms with Crippen molar-refractivity contribution >= 4 is 0 Å². The van der Waals surface area contributed by atoms with Crippen LogP contribution in [-0.2, 0) is 14.2 Å². The van der Waals surface area contributed by atoms with Crippen LogP contribution in [0.3, 0.4) is 0 Å². The fourth-order valence-electron chi connectivity index (χ4n) is 1.88. The molecule has 134 valence electrons. The number of ether oxygens (including phenoxy) is 3. The fourth-order valence-corrected chi connectivity index (χ4v) is 1.88. The van der Waals surface area contributed by atoms with Gasteiger partial charge in [-0.15, -0.1) is 0 Å². The van der Waals surface area contributed by atoms with Gasteiger partial charge in [-0.05, 0) is 75.2 Å². The minimum absolute atomic E-state index is 0.00576. The molecule has 0 unspecified atom stereocenters. The molecule has 0 amide bonds. The van der Waals surface area contributed by atoms with Crippen molar-refractivity contribution in [3.63, 3.8) is 0 Å². The highest BCUT2D eigenvalue weighted by molar-refractivity contribution is 4.81. The molecule has 3 nitrogen and oxygen atoms in total. The minimum atomic E-state index is -0.132. The van der Waals surface area contributed by atoms with Crippen molar-refractivity contribution in [1.82, 2.24) is 0 Å². The van der Waals surface area contributed by atoms with Gasteiger partial charge >= 0.3 is 0 Å². The Morgan fingerprint density at radius 2 is 0.955 bits per heavy atom. The Labute approximate surface area is 139 Å². The molecule has 0 aromatic rings. The van der Waals surface area contributed by atoms with Gasteiger partial charge in [-0.1, -0.05) is 6.92 Å². The highest BCUT2D eigenvalue weighted by Crippen LogP contribution is 2.31. The molecule has 0 rings (SSSR count). The first-order chi connectivity index (χ1) is 9.68. The lowest BCUT2D eigenvalue weighted by atomic mass is 9.83. The van der Waals surface area contributed by atoms with Crippen molar-refractivity contribution in [2.45, 2.75) is 98.9 Å². The molecule has 0 saturated heterocycles. The quantitative estimate of drug-likeness (QED) is 0.614. The van der Waals surface area contributed by atoms with E-state index in [9.17, 15) is 0 Å². The molecule has 22 heavy (non-hydrogen) atoms. The van der Waals surface area contributed by atoms with E-state index in [2.05, 4.69) is 69.2 Å². The van der Waals surface area contributed by atoms with Gasteiger partial charge in [0, 0.05) is 12.0 Å². The van der Waals surface area contributed by atoms with E-state index in [1.54, 1.807) is 0 Å². The van der Waals surface area contributed by atoms with Crippen LogP contribution in [0.4, 0.5) is 0 Å². The van der Waals surface area contributed by atoms with Gasteiger partial charge in [0.05, 0.1) is 30.0 Å². The van der Waals surface area contributed by atoms with Crippen LogP contribution in [0.25, 0.3) is 0 Å². The largest absolute Gasteiger partial charge is 0.376 e. The molecule has 0 bridgehead atoms. The molecule has 3 heteroatoms. The first kappa shape index (κ1) is 21.9. The Balaban J connectivity index is 4.83. The minimum Gasteiger partial charge on any atom is -0.376 e.